The maximum absolute atomic E-state index is 5.45. The highest BCUT2D eigenvalue weighted by molar-refractivity contribution is 9.10. The van der Waals surface area contributed by atoms with E-state index < -0.39 is 0 Å². The lowest BCUT2D eigenvalue weighted by Crippen LogP contribution is -2.47. The summed E-state index contributed by atoms with van der Waals surface area (Å²) in [6.45, 7) is 7.27. The average Bonchev–Trinajstić information content (AvgIpc) is 2.76. The molecule has 2 aliphatic rings. The largest absolute Gasteiger partial charge is 0.378 e. The number of aromatic nitrogens is 3. The zero-order chi connectivity index (χ0) is 19.5. The number of pyridine rings is 1. The highest BCUT2D eigenvalue weighted by Gasteiger charge is 2.26. The lowest BCUT2D eigenvalue weighted by Gasteiger charge is -2.38. The maximum atomic E-state index is 5.45. The highest BCUT2D eigenvalue weighted by atomic mass is 79.9. The molecular formula is C20H27BrN6O. The number of nitrogens with zero attached hydrogens (tertiary/aromatic N) is 6. The van der Waals surface area contributed by atoms with Crippen LogP contribution < -0.4 is 14.7 Å². The van der Waals surface area contributed by atoms with Crippen molar-refractivity contribution in [3.63, 3.8) is 0 Å². The predicted octanol–water partition coefficient (Wildman–Crippen LogP) is 2.88. The van der Waals surface area contributed by atoms with Crippen LogP contribution in [-0.4, -0.2) is 67.4 Å². The van der Waals surface area contributed by atoms with Crippen molar-refractivity contribution in [1.29, 1.82) is 0 Å². The van der Waals surface area contributed by atoms with Gasteiger partial charge in [0.2, 0.25) is 5.95 Å². The molecule has 2 saturated heterocycles. The molecule has 7 nitrogen and oxygen atoms in total. The van der Waals surface area contributed by atoms with E-state index in [1.165, 1.54) is 0 Å². The smallest absolute Gasteiger partial charge is 0.227 e. The molecule has 0 aromatic carbocycles. The molecule has 1 unspecified atom stereocenters. The van der Waals surface area contributed by atoms with E-state index in [0.29, 0.717) is 6.04 Å². The molecule has 8 heteroatoms. The van der Waals surface area contributed by atoms with E-state index in [9.17, 15) is 0 Å². The van der Waals surface area contributed by atoms with Crippen molar-refractivity contribution in [3.8, 4) is 0 Å². The molecule has 4 rings (SSSR count). The predicted molar refractivity (Wildman–Crippen MR) is 115 cm³/mol. The number of hydrogen-bond donors (Lipinski definition) is 0. The Balaban J connectivity index is 1.48. The van der Waals surface area contributed by atoms with Gasteiger partial charge in [0.25, 0.3) is 0 Å². The first-order valence-electron chi connectivity index (χ1n) is 9.88. The molecule has 0 bridgehead atoms. The van der Waals surface area contributed by atoms with Crippen LogP contribution in [0.1, 0.15) is 18.5 Å². The molecule has 4 heterocycles. The minimum Gasteiger partial charge on any atom is -0.378 e. The number of morpholine rings is 1. The Kier molecular flexibility index (Phi) is 5.96. The van der Waals surface area contributed by atoms with Crippen molar-refractivity contribution < 1.29 is 4.74 Å². The first kappa shape index (κ1) is 19.4. The lowest BCUT2D eigenvalue weighted by molar-refractivity contribution is 0.122. The van der Waals surface area contributed by atoms with Crippen LogP contribution in [0.4, 0.5) is 17.6 Å². The number of rotatable bonds is 4. The Morgan fingerprint density at radius 1 is 1.07 bits per heavy atom. The van der Waals surface area contributed by atoms with Crippen molar-refractivity contribution in [2.24, 2.45) is 0 Å². The molecule has 2 aromatic rings. The summed E-state index contributed by atoms with van der Waals surface area (Å²) in [5.41, 5.74) is 1.02. The van der Waals surface area contributed by atoms with Gasteiger partial charge in [-0.05, 0) is 53.9 Å². The maximum Gasteiger partial charge on any atom is 0.227 e. The second-order valence-corrected chi connectivity index (χ2v) is 8.26. The summed E-state index contributed by atoms with van der Waals surface area (Å²) in [5, 5.41) is 0. The van der Waals surface area contributed by atoms with Gasteiger partial charge >= 0.3 is 0 Å². The van der Waals surface area contributed by atoms with Crippen molar-refractivity contribution >= 4 is 33.5 Å². The summed E-state index contributed by atoms with van der Waals surface area (Å²) < 4.78 is 6.50. The zero-order valence-electron chi connectivity index (χ0n) is 16.5. The summed E-state index contributed by atoms with van der Waals surface area (Å²) in [5.74, 6) is 2.82. The van der Waals surface area contributed by atoms with E-state index in [4.69, 9.17) is 14.7 Å². The first-order valence-corrected chi connectivity index (χ1v) is 10.7. The molecule has 2 aliphatic heterocycles. The fourth-order valence-corrected chi connectivity index (χ4v) is 4.05. The normalized spacial score (nSPS) is 20.3. The van der Waals surface area contributed by atoms with E-state index in [0.717, 1.165) is 80.0 Å². The summed E-state index contributed by atoms with van der Waals surface area (Å²) in [7, 11) is 2.10. The number of ether oxygens (including phenoxy) is 1. The molecule has 28 heavy (non-hydrogen) atoms. The van der Waals surface area contributed by atoms with Gasteiger partial charge in [0.05, 0.1) is 18.9 Å². The minimum atomic E-state index is 0.361. The molecule has 0 N–H and O–H groups in total. The Labute approximate surface area is 174 Å². The molecule has 2 aromatic heterocycles. The topological polar surface area (TPSA) is 57.6 Å². The molecule has 0 radical (unpaired) electrons. The van der Waals surface area contributed by atoms with Crippen LogP contribution in [0.5, 0.6) is 0 Å². The molecular weight excluding hydrogens is 420 g/mol. The van der Waals surface area contributed by atoms with Crippen molar-refractivity contribution in [2.45, 2.75) is 25.8 Å². The highest BCUT2D eigenvalue weighted by Crippen LogP contribution is 2.25. The summed E-state index contributed by atoms with van der Waals surface area (Å²) in [4.78, 5) is 21.0. The zero-order valence-corrected chi connectivity index (χ0v) is 18.1. The van der Waals surface area contributed by atoms with Crippen LogP contribution in [0, 0.1) is 6.92 Å². The summed E-state index contributed by atoms with van der Waals surface area (Å²) in [6, 6.07) is 6.53. The van der Waals surface area contributed by atoms with Gasteiger partial charge in [0, 0.05) is 49.9 Å². The number of piperidine rings is 1. The second-order valence-electron chi connectivity index (χ2n) is 7.40. The molecule has 0 amide bonds. The summed E-state index contributed by atoms with van der Waals surface area (Å²) >= 11 is 3.54. The van der Waals surface area contributed by atoms with E-state index >= 15 is 0 Å². The fraction of sp³-hybridized carbons (Fsp3) is 0.550. The number of aryl methyl sites for hydroxylation is 1. The Bertz CT molecular complexity index is 813. The van der Waals surface area contributed by atoms with Gasteiger partial charge in [0.1, 0.15) is 11.6 Å². The molecule has 0 saturated carbocycles. The van der Waals surface area contributed by atoms with Crippen molar-refractivity contribution in [3.05, 3.63) is 34.6 Å². The van der Waals surface area contributed by atoms with Gasteiger partial charge in [-0.25, -0.2) is 9.97 Å². The molecule has 150 valence electrons. The SMILES string of the molecule is Cc1nc(N2CCCC(N(C)c3nccc(N4CCOCC4)n3)C2)ccc1Br. The van der Waals surface area contributed by atoms with Crippen LogP contribution in [0.15, 0.2) is 28.9 Å². The standard InChI is InChI=1S/C20H27BrN6O/c1-15-17(21)5-6-18(23-15)27-9-3-4-16(14-27)25(2)20-22-8-7-19(24-20)26-10-12-28-13-11-26/h5-8,16H,3-4,9-14H2,1-2H3. The van der Waals surface area contributed by atoms with E-state index in [2.05, 4.69) is 54.8 Å². The van der Waals surface area contributed by atoms with Gasteiger partial charge < -0.3 is 19.4 Å². The monoisotopic (exact) mass is 446 g/mol. The molecule has 0 aliphatic carbocycles. The van der Waals surface area contributed by atoms with Crippen LogP contribution in [-0.2, 0) is 4.74 Å². The molecule has 1 atom stereocenters. The van der Waals surface area contributed by atoms with Gasteiger partial charge in [-0.15, -0.1) is 0 Å². The molecule has 2 fully saturated rings. The van der Waals surface area contributed by atoms with Gasteiger partial charge in [-0.3, -0.25) is 0 Å². The number of likely N-dealkylation sites (N-methyl/N-ethyl adjacent to an activating group) is 1. The summed E-state index contributed by atoms with van der Waals surface area (Å²) in [6.07, 6.45) is 4.13. The second kappa shape index (κ2) is 8.61. The van der Waals surface area contributed by atoms with Gasteiger partial charge in [-0.2, -0.15) is 4.98 Å². The number of halogens is 1. The third-order valence-electron chi connectivity index (χ3n) is 5.55. The molecule has 0 spiro atoms. The van der Waals surface area contributed by atoms with Crippen molar-refractivity contribution in [1.82, 2.24) is 15.0 Å². The van der Waals surface area contributed by atoms with Crippen molar-refractivity contribution in [2.75, 3.05) is 61.1 Å². The minimum absolute atomic E-state index is 0.361. The van der Waals surface area contributed by atoms with Crippen LogP contribution >= 0.6 is 15.9 Å². The first-order chi connectivity index (χ1) is 13.6. The van der Waals surface area contributed by atoms with Crippen LogP contribution in [0.3, 0.4) is 0 Å². The number of hydrogen-bond acceptors (Lipinski definition) is 7. The quantitative estimate of drug-likeness (QED) is 0.715. The van der Waals surface area contributed by atoms with E-state index in [-0.39, 0.29) is 0 Å². The Morgan fingerprint density at radius 3 is 2.64 bits per heavy atom. The third kappa shape index (κ3) is 4.22. The lowest BCUT2D eigenvalue weighted by atomic mass is 10.0. The Hall–Kier alpha value is -1.93. The van der Waals surface area contributed by atoms with E-state index in [1.54, 1.807) is 0 Å². The third-order valence-corrected chi connectivity index (χ3v) is 6.39. The van der Waals surface area contributed by atoms with Gasteiger partial charge in [-0.1, -0.05) is 0 Å². The van der Waals surface area contributed by atoms with E-state index in [1.807, 2.05) is 19.2 Å². The van der Waals surface area contributed by atoms with Crippen LogP contribution in [0.2, 0.25) is 0 Å². The average molecular weight is 447 g/mol. The Morgan fingerprint density at radius 2 is 1.86 bits per heavy atom. The van der Waals surface area contributed by atoms with Crippen LogP contribution in [0.25, 0.3) is 0 Å². The fourth-order valence-electron chi connectivity index (χ4n) is 3.83. The number of anilines is 3. The van der Waals surface area contributed by atoms with Gasteiger partial charge in [0.15, 0.2) is 0 Å².